The number of aromatic nitrogens is 4. The number of aromatic hydroxyl groups is 1. The van der Waals surface area contributed by atoms with Crippen LogP contribution in [0.1, 0.15) is 79.0 Å². The molecule has 9 aromatic carbocycles. The van der Waals surface area contributed by atoms with Crippen molar-refractivity contribution in [3.63, 3.8) is 0 Å². The average Bonchev–Trinajstić information content (AvgIpc) is 4.22. The number of nitrogens with zero attached hydrogens (tertiary/aromatic N) is 4. The fraction of sp³-hybridized carbons (Fsp3) is 0.167. The van der Waals surface area contributed by atoms with Crippen LogP contribution in [0.5, 0.6) is 5.75 Å². The van der Waals surface area contributed by atoms with Crippen molar-refractivity contribution in [2.75, 3.05) is 0 Å². The summed E-state index contributed by atoms with van der Waals surface area (Å²) in [5.41, 5.74) is 19.5. The van der Waals surface area contributed by atoms with Crippen LogP contribution in [0.3, 0.4) is 0 Å². The van der Waals surface area contributed by atoms with Gasteiger partial charge in [-0.1, -0.05) is 225 Å². The number of pyridine rings is 1. The van der Waals surface area contributed by atoms with E-state index >= 15 is 0 Å². The molecule has 0 atom stereocenters. The first-order valence-corrected chi connectivity index (χ1v) is 26.8. The van der Waals surface area contributed by atoms with Crippen molar-refractivity contribution >= 4 is 32.8 Å². The van der Waals surface area contributed by atoms with E-state index in [1.807, 2.05) is 12.3 Å². The Morgan fingerprint density at radius 2 is 1.01 bits per heavy atom. The number of benzene rings is 9. The molecule has 3 heterocycles. The minimum Gasteiger partial charge on any atom is -0.507 e. The number of para-hydroxylation sites is 5. The Kier molecular flexibility index (Phi) is 13.3. The van der Waals surface area contributed by atoms with Crippen molar-refractivity contribution < 1.29 is 26.2 Å². The third-order valence-corrected chi connectivity index (χ3v) is 15.2. The molecule has 1 N–H and O–H groups in total. The molecule has 3 aromatic heterocycles. The van der Waals surface area contributed by atoms with Gasteiger partial charge in [-0.2, -0.15) is 0 Å². The maximum atomic E-state index is 12.5. The molecule has 0 spiro atoms. The molecule has 0 fully saturated rings. The van der Waals surface area contributed by atoms with Crippen LogP contribution in [0.2, 0.25) is 0 Å². The standard InChI is InChI=1S/C72H63N4O.Pt/c1-70(2,3)51-35-36-55(46-23-13-10-14-24-46)60(43-51)49-39-48(40-50(41-49)63-42-47(37-38-73-63)57-31-21-32-59-58-29-19-20-33-64(58)75(67(57)59)53-25-15-11-16-26-53)56-30-22-34-65-66(56)74-69(76(65)54-27-17-12-18-28-54)61-44-52(71(4,5)6)45-62(68(61)77)72(7,8)9;/h10-39,41-45,77H,1-9H3;/q-1;. The normalized spacial score (nSPS) is 12.1. The van der Waals surface area contributed by atoms with Crippen LogP contribution in [-0.4, -0.2) is 24.2 Å². The fourth-order valence-corrected chi connectivity index (χ4v) is 11.1. The van der Waals surface area contributed by atoms with Crippen molar-refractivity contribution in [1.29, 1.82) is 0 Å². The van der Waals surface area contributed by atoms with Crippen LogP contribution in [0.4, 0.5) is 0 Å². The van der Waals surface area contributed by atoms with Crippen molar-refractivity contribution in [3.8, 4) is 84.3 Å². The van der Waals surface area contributed by atoms with Gasteiger partial charge >= 0.3 is 0 Å². The molecular weight excluding hydrogens is 1130 g/mol. The summed E-state index contributed by atoms with van der Waals surface area (Å²) < 4.78 is 4.60. The van der Waals surface area contributed by atoms with Gasteiger partial charge in [0.2, 0.25) is 0 Å². The summed E-state index contributed by atoms with van der Waals surface area (Å²) in [6.45, 7) is 20.0. The van der Waals surface area contributed by atoms with Gasteiger partial charge in [0, 0.05) is 66.2 Å². The molecule has 0 aliphatic rings. The van der Waals surface area contributed by atoms with E-state index in [9.17, 15) is 5.11 Å². The van der Waals surface area contributed by atoms with E-state index in [-0.39, 0.29) is 43.1 Å². The first-order valence-electron chi connectivity index (χ1n) is 26.8. The SMILES string of the molecule is CC(C)(C)c1ccc(-c2ccccc2)c(-c2cc(-c3cc(-c4cccc5c6ccccc6n(-c6ccccc6)c45)ccn3)[c-]c(-c3cccc4c3nc(-c3cc(C(C)(C)C)cc(C(C)(C)C)c3O)n4-c3ccccc3)c2)c1.[Pt]. The maximum Gasteiger partial charge on any atom is 0.148 e. The van der Waals surface area contributed by atoms with Gasteiger partial charge in [-0.05, 0) is 98.2 Å². The number of fused-ring (bicyclic) bond motifs is 4. The van der Waals surface area contributed by atoms with E-state index in [1.165, 1.54) is 16.3 Å². The van der Waals surface area contributed by atoms with E-state index in [4.69, 9.17) is 9.97 Å². The van der Waals surface area contributed by atoms with Crippen LogP contribution in [0.25, 0.3) is 111 Å². The van der Waals surface area contributed by atoms with Crippen molar-refractivity contribution in [1.82, 2.24) is 19.1 Å². The molecule has 0 saturated carbocycles. The van der Waals surface area contributed by atoms with Crippen LogP contribution in [0, 0.1) is 6.07 Å². The number of phenolic OH excluding ortho intramolecular Hbond substituents is 1. The molecule has 0 unspecified atom stereocenters. The van der Waals surface area contributed by atoms with Gasteiger partial charge in [0.1, 0.15) is 11.6 Å². The van der Waals surface area contributed by atoms with E-state index in [0.29, 0.717) is 11.4 Å². The third-order valence-electron chi connectivity index (χ3n) is 15.2. The van der Waals surface area contributed by atoms with Gasteiger partial charge in [-0.25, -0.2) is 4.98 Å². The zero-order valence-corrected chi connectivity index (χ0v) is 48.0. The first-order chi connectivity index (χ1) is 37.0. The van der Waals surface area contributed by atoms with E-state index in [2.05, 4.69) is 278 Å². The topological polar surface area (TPSA) is 55.9 Å². The summed E-state index contributed by atoms with van der Waals surface area (Å²) >= 11 is 0. The Morgan fingerprint density at radius 3 is 1.71 bits per heavy atom. The summed E-state index contributed by atoms with van der Waals surface area (Å²) in [5.74, 6) is 0.915. The van der Waals surface area contributed by atoms with Crippen LogP contribution >= 0.6 is 0 Å². The van der Waals surface area contributed by atoms with Gasteiger partial charge in [-0.3, -0.25) is 9.55 Å². The maximum absolute atomic E-state index is 12.5. The Balaban J connectivity index is 0.00000645. The second kappa shape index (κ2) is 20.0. The molecule has 388 valence electrons. The molecule has 0 radical (unpaired) electrons. The van der Waals surface area contributed by atoms with E-state index in [1.54, 1.807) is 0 Å². The van der Waals surface area contributed by atoms with Crippen LogP contribution < -0.4 is 0 Å². The van der Waals surface area contributed by atoms with Gasteiger partial charge < -0.3 is 9.67 Å². The van der Waals surface area contributed by atoms with Crippen molar-refractivity contribution in [2.24, 2.45) is 0 Å². The summed E-state index contributed by atoms with van der Waals surface area (Å²) in [5, 5.41) is 14.9. The minimum atomic E-state index is -0.332. The average molecular weight is 1200 g/mol. The van der Waals surface area contributed by atoms with Gasteiger partial charge in [-0.15, -0.1) is 23.8 Å². The Bertz CT molecular complexity index is 4210. The zero-order chi connectivity index (χ0) is 53.4. The molecule has 5 nitrogen and oxygen atoms in total. The number of phenols is 1. The Hall–Kier alpha value is -8.11. The first kappa shape index (κ1) is 52.0. The molecular formula is C72H63N4OPt-. The van der Waals surface area contributed by atoms with Crippen molar-refractivity contribution in [2.45, 2.75) is 78.6 Å². The quantitative estimate of drug-likeness (QED) is 0.154. The Labute approximate surface area is 473 Å². The third kappa shape index (κ3) is 9.39. The number of imidazole rings is 1. The molecule has 6 heteroatoms. The summed E-state index contributed by atoms with van der Waals surface area (Å²) in [7, 11) is 0. The fourth-order valence-electron chi connectivity index (χ4n) is 11.1. The molecule has 0 amide bonds. The molecule has 0 saturated heterocycles. The second-order valence-corrected chi connectivity index (χ2v) is 23.6. The largest absolute Gasteiger partial charge is 0.507 e. The second-order valence-electron chi connectivity index (χ2n) is 23.6. The smallest absolute Gasteiger partial charge is 0.148 e. The van der Waals surface area contributed by atoms with Crippen LogP contribution in [0.15, 0.2) is 212 Å². The minimum absolute atomic E-state index is 0. The number of hydrogen-bond acceptors (Lipinski definition) is 3. The van der Waals surface area contributed by atoms with Crippen LogP contribution in [-0.2, 0) is 37.3 Å². The predicted octanol–water partition coefficient (Wildman–Crippen LogP) is 18.9. The molecule has 12 rings (SSSR count). The van der Waals surface area contributed by atoms with Gasteiger partial charge in [0.05, 0.1) is 27.6 Å². The molecule has 78 heavy (non-hydrogen) atoms. The Morgan fingerprint density at radius 1 is 0.423 bits per heavy atom. The monoisotopic (exact) mass is 1190 g/mol. The predicted molar refractivity (Wildman–Crippen MR) is 322 cm³/mol. The van der Waals surface area contributed by atoms with Gasteiger partial charge in [0.15, 0.2) is 0 Å². The number of hydrogen-bond donors (Lipinski definition) is 1. The molecule has 0 aliphatic heterocycles. The molecule has 0 aliphatic carbocycles. The summed E-state index contributed by atoms with van der Waals surface area (Å²) in [4.78, 5) is 10.8. The zero-order valence-electron chi connectivity index (χ0n) is 45.8. The molecule has 12 aromatic rings. The van der Waals surface area contributed by atoms with E-state index < -0.39 is 0 Å². The summed E-state index contributed by atoms with van der Waals surface area (Å²) in [6.07, 6.45) is 1.94. The van der Waals surface area contributed by atoms with Crippen molar-refractivity contribution in [3.05, 3.63) is 235 Å². The molecule has 0 bridgehead atoms. The number of rotatable bonds is 8. The van der Waals surface area contributed by atoms with E-state index in [0.717, 1.165) is 100 Å². The summed E-state index contributed by atoms with van der Waals surface area (Å²) in [6, 6.07) is 77.6. The van der Waals surface area contributed by atoms with Gasteiger partial charge in [0.25, 0.3) is 0 Å².